The molecule has 0 fully saturated rings. The van der Waals surface area contributed by atoms with Crippen LogP contribution in [-0.4, -0.2) is 18.5 Å². The molecule has 0 aliphatic heterocycles. The normalized spacial score (nSPS) is 13.9. The van der Waals surface area contributed by atoms with E-state index in [9.17, 15) is 13.2 Å². The van der Waals surface area contributed by atoms with Crippen LogP contribution in [-0.2, 0) is 4.74 Å². The molecule has 0 aliphatic rings. The maximum Gasteiger partial charge on any atom is 0.408 e. The van der Waals surface area contributed by atoms with Gasteiger partial charge in [0.25, 0.3) is 0 Å². The van der Waals surface area contributed by atoms with Crippen molar-refractivity contribution in [2.24, 2.45) is 0 Å². The molecule has 10 heavy (non-hydrogen) atoms. The van der Waals surface area contributed by atoms with Crippen LogP contribution < -0.4 is 0 Å². The monoisotopic (exact) mass is 218 g/mol. The summed E-state index contributed by atoms with van der Waals surface area (Å²) in [7, 11) is 0.738. The third-order valence-electron chi connectivity index (χ3n) is 0.791. The Morgan fingerprint density at radius 2 is 2.20 bits per heavy atom. The predicted octanol–water partition coefficient (Wildman–Crippen LogP) is 2.47. The molecule has 0 unspecified atom stereocenters. The lowest BCUT2D eigenvalue weighted by molar-refractivity contribution is -0.202. The van der Waals surface area contributed by atoms with Crippen LogP contribution in [0.1, 0.15) is 0 Å². The third kappa shape index (κ3) is 2.70. The lowest BCUT2D eigenvalue weighted by atomic mass is 10.5. The second-order valence-electron chi connectivity index (χ2n) is 1.43. The zero-order valence-corrected chi connectivity index (χ0v) is 6.79. The zero-order chi connectivity index (χ0) is 8.20. The van der Waals surface area contributed by atoms with Gasteiger partial charge in [0.05, 0.1) is 0 Å². The first-order chi connectivity index (χ1) is 4.54. The van der Waals surface area contributed by atoms with E-state index < -0.39 is 11.9 Å². The van der Waals surface area contributed by atoms with Crippen molar-refractivity contribution in [3.05, 3.63) is 11.9 Å². The summed E-state index contributed by atoms with van der Waals surface area (Å²) in [5.41, 5.74) is 0. The Morgan fingerprint density at radius 3 is 2.50 bits per heavy atom. The summed E-state index contributed by atoms with van der Waals surface area (Å²) < 4.78 is 39.8. The highest BCUT2D eigenvalue weighted by Crippen LogP contribution is 2.25. The van der Waals surface area contributed by atoms with E-state index >= 15 is 0 Å². The molecule has 0 N–H and O–H groups in total. The van der Waals surface area contributed by atoms with Crippen LogP contribution in [0, 0.1) is 0 Å². The van der Waals surface area contributed by atoms with E-state index in [2.05, 4.69) is 20.7 Å². The highest BCUT2D eigenvalue weighted by molar-refractivity contribution is 9.09. The molecule has 0 aromatic rings. The molecule has 5 heteroatoms. The quantitative estimate of drug-likeness (QED) is 0.662. The van der Waals surface area contributed by atoms with E-state index in [1.165, 1.54) is 0 Å². The number of allylic oxidation sites excluding steroid dienone is 1. The summed E-state index contributed by atoms with van der Waals surface area (Å²) in [5.74, 6) is -1.58. The van der Waals surface area contributed by atoms with Crippen LogP contribution in [0.3, 0.4) is 0 Å². The molecule has 0 radical (unpaired) electrons. The molecule has 1 nitrogen and oxygen atoms in total. The van der Waals surface area contributed by atoms with Crippen molar-refractivity contribution in [3.8, 4) is 0 Å². The fourth-order valence-electron chi connectivity index (χ4n) is 0.284. The Bertz CT molecular complexity index is 135. The van der Waals surface area contributed by atoms with Crippen LogP contribution in [0.5, 0.6) is 0 Å². The van der Waals surface area contributed by atoms with Gasteiger partial charge in [0.1, 0.15) is 0 Å². The van der Waals surface area contributed by atoms with Crippen molar-refractivity contribution in [3.63, 3.8) is 0 Å². The van der Waals surface area contributed by atoms with Crippen molar-refractivity contribution in [2.45, 2.75) is 6.11 Å². The molecule has 0 aromatic heterocycles. The zero-order valence-electron chi connectivity index (χ0n) is 5.20. The first kappa shape index (κ1) is 9.97. The maximum absolute atomic E-state index is 12.1. The third-order valence-corrected chi connectivity index (χ3v) is 1.11. The van der Waals surface area contributed by atoms with Crippen LogP contribution in [0.25, 0.3) is 0 Å². The standard InChI is InChI=1S/C5H6BrF3O/c1-10-5(8,9)4(7)2-3-6/h2H,3H2,1H3/b4-2+. The Morgan fingerprint density at radius 1 is 1.70 bits per heavy atom. The Balaban J connectivity index is 4.17. The van der Waals surface area contributed by atoms with E-state index in [1.807, 2.05) is 0 Å². The summed E-state index contributed by atoms with van der Waals surface area (Å²) >= 11 is 2.77. The summed E-state index contributed by atoms with van der Waals surface area (Å²) in [5, 5.41) is 0.0395. The fraction of sp³-hybridized carbons (Fsp3) is 0.600. The lowest BCUT2D eigenvalue weighted by Gasteiger charge is -2.10. The number of methoxy groups -OCH3 is 1. The molecule has 0 amide bonds. The first-order valence-corrected chi connectivity index (χ1v) is 3.51. The van der Waals surface area contributed by atoms with Crippen LogP contribution >= 0.6 is 15.9 Å². The highest BCUT2D eigenvalue weighted by atomic mass is 79.9. The van der Waals surface area contributed by atoms with Crippen molar-refractivity contribution in [1.82, 2.24) is 0 Å². The van der Waals surface area contributed by atoms with Gasteiger partial charge in [-0.1, -0.05) is 15.9 Å². The van der Waals surface area contributed by atoms with Gasteiger partial charge in [0.2, 0.25) is 0 Å². The van der Waals surface area contributed by atoms with E-state index in [0.717, 1.165) is 7.11 Å². The number of hydrogen-bond donors (Lipinski definition) is 0. The number of alkyl halides is 3. The van der Waals surface area contributed by atoms with E-state index in [-0.39, 0.29) is 5.33 Å². The Hall–Kier alpha value is -0.0300. The molecule has 0 saturated carbocycles. The Kier molecular flexibility index (Phi) is 3.96. The molecular weight excluding hydrogens is 213 g/mol. The molecule has 60 valence electrons. The number of hydrogen-bond acceptors (Lipinski definition) is 1. The topological polar surface area (TPSA) is 9.23 Å². The van der Waals surface area contributed by atoms with Gasteiger partial charge in [-0.3, -0.25) is 0 Å². The van der Waals surface area contributed by atoms with Crippen LogP contribution in [0.2, 0.25) is 0 Å². The van der Waals surface area contributed by atoms with Gasteiger partial charge in [-0.2, -0.15) is 8.78 Å². The van der Waals surface area contributed by atoms with Gasteiger partial charge in [0, 0.05) is 12.4 Å². The summed E-state index contributed by atoms with van der Waals surface area (Å²) in [6.45, 7) is 0. The molecule has 0 saturated heterocycles. The molecule has 0 spiro atoms. The van der Waals surface area contributed by atoms with Gasteiger partial charge in [0.15, 0.2) is 5.83 Å². The molecule has 0 aliphatic carbocycles. The van der Waals surface area contributed by atoms with Crippen molar-refractivity contribution < 1.29 is 17.9 Å². The van der Waals surface area contributed by atoms with E-state index in [0.29, 0.717) is 6.08 Å². The van der Waals surface area contributed by atoms with Crippen molar-refractivity contribution in [1.29, 1.82) is 0 Å². The smallest absolute Gasteiger partial charge is 0.318 e. The van der Waals surface area contributed by atoms with Crippen molar-refractivity contribution >= 4 is 15.9 Å². The molecular formula is C5H6BrF3O. The maximum atomic E-state index is 12.1. The van der Waals surface area contributed by atoms with Crippen LogP contribution in [0.15, 0.2) is 11.9 Å². The molecule has 0 aromatic carbocycles. The minimum Gasteiger partial charge on any atom is -0.318 e. The summed E-state index contributed by atoms with van der Waals surface area (Å²) in [6, 6.07) is 0. The highest BCUT2D eigenvalue weighted by Gasteiger charge is 2.34. The summed E-state index contributed by atoms with van der Waals surface area (Å²) in [6.07, 6.45) is -3.09. The van der Waals surface area contributed by atoms with Gasteiger partial charge in [-0.25, -0.2) is 4.39 Å². The van der Waals surface area contributed by atoms with Gasteiger partial charge in [-0.15, -0.1) is 0 Å². The van der Waals surface area contributed by atoms with Crippen LogP contribution in [0.4, 0.5) is 13.2 Å². The van der Waals surface area contributed by atoms with E-state index in [4.69, 9.17) is 0 Å². The number of halogens is 4. The van der Waals surface area contributed by atoms with Gasteiger partial charge < -0.3 is 4.74 Å². The van der Waals surface area contributed by atoms with Gasteiger partial charge >= 0.3 is 6.11 Å². The van der Waals surface area contributed by atoms with E-state index in [1.54, 1.807) is 0 Å². The van der Waals surface area contributed by atoms with Crippen molar-refractivity contribution in [2.75, 3.05) is 12.4 Å². The molecule has 0 rings (SSSR count). The minimum atomic E-state index is -3.78. The second kappa shape index (κ2) is 3.98. The van der Waals surface area contributed by atoms with Gasteiger partial charge in [-0.05, 0) is 6.08 Å². The number of ether oxygens (including phenoxy) is 1. The average molecular weight is 219 g/mol. The minimum absolute atomic E-state index is 0.0395. The molecule has 0 atom stereocenters. The average Bonchev–Trinajstić information content (AvgIpc) is 1.89. The largest absolute Gasteiger partial charge is 0.408 e. The predicted molar refractivity (Wildman–Crippen MR) is 34.9 cm³/mol. The lowest BCUT2D eigenvalue weighted by Crippen LogP contribution is -2.19. The molecule has 0 bridgehead atoms. The SMILES string of the molecule is COC(F)(F)/C(F)=C\CBr. The fourth-order valence-corrected chi connectivity index (χ4v) is 0.568. The second-order valence-corrected chi connectivity index (χ2v) is 2.07. The number of rotatable bonds is 3. The Labute approximate surface area is 65.0 Å². The first-order valence-electron chi connectivity index (χ1n) is 2.39. The molecule has 0 heterocycles. The summed E-state index contributed by atoms with van der Waals surface area (Å²) in [4.78, 5) is 0.